The molecule has 7 nitrogen and oxygen atoms in total. The monoisotopic (exact) mass is 486 g/mol. The Bertz CT molecular complexity index is 938. The van der Waals surface area contributed by atoms with Crippen LogP contribution in [0.5, 0.6) is 5.19 Å². The number of Topliss-reactive ketones (excluding diaryl/α,β-unsaturated/α-hetero) is 1. The summed E-state index contributed by atoms with van der Waals surface area (Å²) < 4.78 is 46.8. The molecule has 0 spiro atoms. The molecule has 2 aliphatic rings. The topological polar surface area (TPSA) is 81.4 Å². The van der Waals surface area contributed by atoms with Crippen LogP contribution in [0.25, 0.3) is 0 Å². The number of nitrogens with zero attached hydrogens (tertiary/aromatic N) is 4. The van der Waals surface area contributed by atoms with Gasteiger partial charge in [-0.3, -0.25) is 9.69 Å². The summed E-state index contributed by atoms with van der Waals surface area (Å²) in [5, 5.41) is 3.91. The summed E-state index contributed by atoms with van der Waals surface area (Å²) in [5.41, 5.74) is 0.849. The van der Waals surface area contributed by atoms with Gasteiger partial charge in [0.2, 0.25) is 5.89 Å². The van der Waals surface area contributed by atoms with Gasteiger partial charge in [-0.15, -0.1) is 0 Å². The van der Waals surface area contributed by atoms with E-state index in [4.69, 9.17) is 9.26 Å². The molecule has 0 N–H and O–H groups in total. The van der Waals surface area contributed by atoms with Crippen molar-refractivity contribution in [2.45, 2.75) is 71.0 Å². The molecule has 3 heterocycles. The quantitative estimate of drug-likeness (QED) is 0.515. The van der Waals surface area contributed by atoms with Crippen molar-refractivity contribution in [3.8, 4) is 5.19 Å². The molecule has 0 amide bonds. The van der Waals surface area contributed by atoms with Gasteiger partial charge in [-0.05, 0) is 44.1 Å². The van der Waals surface area contributed by atoms with Crippen molar-refractivity contribution < 1.29 is 27.2 Å². The van der Waals surface area contributed by atoms with Gasteiger partial charge < -0.3 is 9.26 Å². The zero-order valence-electron chi connectivity index (χ0n) is 18.7. The molecule has 0 aromatic carbocycles. The highest BCUT2D eigenvalue weighted by Crippen LogP contribution is 2.34. The van der Waals surface area contributed by atoms with E-state index in [0.717, 1.165) is 62.2 Å². The molecule has 1 aliphatic carbocycles. The van der Waals surface area contributed by atoms with Gasteiger partial charge in [-0.1, -0.05) is 29.3 Å². The molecule has 1 saturated carbocycles. The third-order valence-electron chi connectivity index (χ3n) is 6.41. The minimum atomic E-state index is -4.35. The summed E-state index contributed by atoms with van der Waals surface area (Å²) in [6.45, 7) is 2.94. The lowest BCUT2D eigenvalue weighted by atomic mass is 9.78. The molecule has 11 heteroatoms. The van der Waals surface area contributed by atoms with Gasteiger partial charge in [0.15, 0.2) is 12.4 Å². The van der Waals surface area contributed by atoms with Crippen LogP contribution in [0.2, 0.25) is 0 Å². The average molecular weight is 487 g/mol. The molecular weight excluding hydrogens is 457 g/mol. The number of carbonyl (C=O) groups excluding carboxylic acids is 1. The molecule has 1 fully saturated rings. The lowest BCUT2D eigenvalue weighted by Crippen LogP contribution is -2.32. The van der Waals surface area contributed by atoms with Gasteiger partial charge in [0, 0.05) is 31.3 Å². The highest BCUT2D eigenvalue weighted by atomic mass is 32.1. The largest absolute Gasteiger partial charge is 0.460 e. The van der Waals surface area contributed by atoms with Crippen molar-refractivity contribution in [2.75, 3.05) is 19.7 Å². The first-order valence-electron chi connectivity index (χ1n) is 11.4. The number of aryl methyl sites for hydroxylation is 1. The number of halogens is 3. The first kappa shape index (κ1) is 24.1. The van der Waals surface area contributed by atoms with Crippen LogP contribution in [-0.4, -0.2) is 51.7 Å². The SMILES string of the molecule is Cc1nc(CC(=O)CC2CCC(CCN3CCc4sc(OCC(F)(F)F)nc4C3)CC2)no1. The van der Waals surface area contributed by atoms with E-state index in [1.54, 1.807) is 6.92 Å². The van der Waals surface area contributed by atoms with Crippen LogP contribution in [0, 0.1) is 18.8 Å². The second-order valence-electron chi connectivity index (χ2n) is 9.10. The van der Waals surface area contributed by atoms with Gasteiger partial charge >= 0.3 is 6.18 Å². The molecule has 33 heavy (non-hydrogen) atoms. The summed E-state index contributed by atoms with van der Waals surface area (Å²) in [6, 6.07) is 0. The van der Waals surface area contributed by atoms with E-state index in [1.807, 2.05) is 0 Å². The Morgan fingerprint density at radius 3 is 2.67 bits per heavy atom. The van der Waals surface area contributed by atoms with Crippen LogP contribution in [0.15, 0.2) is 4.52 Å². The Hall–Kier alpha value is -2.01. The molecule has 0 bridgehead atoms. The van der Waals surface area contributed by atoms with E-state index in [1.165, 1.54) is 11.3 Å². The van der Waals surface area contributed by atoms with Gasteiger partial charge in [0.1, 0.15) is 5.78 Å². The fraction of sp³-hybridized carbons (Fsp3) is 0.727. The molecule has 2 aromatic heterocycles. The standard InChI is InChI=1S/C22H29F3N4O3S/c1-14-26-20(28-32-14)11-17(30)10-16-4-2-15(3-5-16)6-8-29-9-7-19-18(12-29)27-21(33-19)31-13-22(23,24)25/h15-16H,2-13H2,1H3. The van der Waals surface area contributed by atoms with Gasteiger partial charge in [0.05, 0.1) is 12.1 Å². The fourth-order valence-electron chi connectivity index (χ4n) is 4.70. The van der Waals surface area contributed by atoms with Crippen molar-refractivity contribution in [3.63, 3.8) is 0 Å². The maximum Gasteiger partial charge on any atom is 0.422 e. The third kappa shape index (κ3) is 7.23. The summed E-state index contributed by atoms with van der Waals surface area (Å²) in [7, 11) is 0. The van der Waals surface area contributed by atoms with E-state index >= 15 is 0 Å². The molecule has 4 rings (SSSR count). The summed E-state index contributed by atoms with van der Waals surface area (Å²) in [5.74, 6) is 2.21. The number of ketones is 1. The molecule has 2 aromatic rings. The number of fused-ring (bicyclic) bond motifs is 1. The van der Waals surface area contributed by atoms with Crippen molar-refractivity contribution in [1.82, 2.24) is 20.0 Å². The Morgan fingerprint density at radius 2 is 1.97 bits per heavy atom. The fourth-order valence-corrected chi connectivity index (χ4v) is 5.60. The van der Waals surface area contributed by atoms with Crippen LogP contribution in [0.1, 0.15) is 60.8 Å². The predicted octanol–water partition coefficient (Wildman–Crippen LogP) is 4.53. The Kier molecular flexibility index (Phi) is 7.68. The number of carbonyl (C=O) groups is 1. The van der Waals surface area contributed by atoms with Gasteiger partial charge in [-0.2, -0.15) is 18.2 Å². The predicted molar refractivity (Wildman–Crippen MR) is 115 cm³/mol. The maximum absolute atomic E-state index is 12.4. The first-order valence-corrected chi connectivity index (χ1v) is 12.3. The minimum absolute atomic E-state index is 0.113. The Labute approximate surface area is 194 Å². The smallest absolute Gasteiger partial charge is 0.422 e. The second kappa shape index (κ2) is 10.5. The lowest BCUT2D eigenvalue weighted by Gasteiger charge is -2.31. The van der Waals surface area contributed by atoms with Crippen molar-refractivity contribution in [2.24, 2.45) is 11.8 Å². The van der Waals surface area contributed by atoms with Crippen LogP contribution in [0.3, 0.4) is 0 Å². The van der Waals surface area contributed by atoms with Gasteiger partial charge in [-0.25, -0.2) is 4.98 Å². The van der Waals surface area contributed by atoms with Gasteiger partial charge in [0.25, 0.3) is 5.19 Å². The molecule has 1 aliphatic heterocycles. The summed E-state index contributed by atoms with van der Waals surface area (Å²) in [4.78, 5) is 24.0. The van der Waals surface area contributed by atoms with Crippen molar-refractivity contribution in [3.05, 3.63) is 22.3 Å². The first-order chi connectivity index (χ1) is 15.7. The molecule has 0 unspecified atom stereocenters. The number of ether oxygens (including phenoxy) is 1. The number of rotatable bonds is 9. The number of alkyl halides is 3. The number of hydrogen-bond acceptors (Lipinski definition) is 8. The summed E-state index contributed by atoms with van der Waals surface area (Å²) >= 11 is 1.23. The van der Waals surface area contributed by atoms with E-state index < -0.39 is 12.8 Å². The Morgan fingerprint density at radius 1 is 1.21 bits per heavy atom. The van der Waals surface area contributed by atoms with E-state index in [2.05, 4.69) is 20.0 Å². The molecule has 0 radical (unpaired) electrons. The molecule has 0 atom stereocenters. The van der Waals surface area contributed by atoms with E-state index in [-0.39, 0.29) is 17.4 Å². The van der Waals surface area contributed by atoms with Crippen molar-refractivity contribution in [1.29, 1.82) is 0 Å². The zero-order valence-corrected chi connectivity index (χ0v) is 19.5. The average Bonchev–Trinajstić information content (AvgIpc) is 3.36. The zero-order chi connectivity index (χ0) is 23.4. The summed E-state index contributed by atoms with van der Waals surface area (Å²) in [6.07, 6.45) is 2.77. The van der Waals surface area contributed by atoms with E-state index in [0.29, 0.717) is 36.5 Å². The van der Waals surface area contributed by atoms with Crippen LogP contribution in [-0.2, 0) is 24.2 Å². The van der Waals surface area contributed by atoms with Crippen molar-refractivity contribution >= 4 is 17.1 Å². The molecular formula is C22H29F3N4O3S. The minimum Gasteiger partial charge on any atom is -0.460 e. The second-order valence-corrected chi connectivity index (χ2v) is 10.2. The molecule has 0 saturated heterocycles. The molecule has 182 valence electrons. The Balaban J connectivity index is 1.15. The number of aromatic nitrogens is 3. The third-order valence-corrected chi connectivity index (χ3v) is 7.48. The number of hydrogen-bond donors (Lipinski definition) is 0. The number of thiazole rings is 1. The maximum atomic E-state index is 12.4. The van der Waals surface area contributed by atoms with Crippen LogP contribution < -0.4 is 4.74 Å². The van der Waals surface area contributed by atoms with Crippen LogP contribution >= 0.6 is 11.3 Å². The highest BCUT2D eigenvalue weighted by molar-refractivity contribution is 7.13. The highest BCUT2D eigenvalue weighted by Gasteiger charge is 2.30. The normalized spacial score (nSPS) is 21.7. The van der Waals surface area contributed by atoms with Crippen LogP contribution in [0.4, 0.5) is 13.2 Å². The lowest BCUT2D eigenvalue weighted by molar-refractivity contribution is -0.153. The van der Waals surface area contributed by atoms with E-state index in [9.17, 15) is 18.0 Å².